The first-order valence-corrected chi connectivity index (χ1v) is 8.50. The standard InChI is InChI=1S/C22H17NO4/c24-17-8-11-20-15(12-22(25)27-21(20)13-17)14-23-16-6-9-19(10-7-16)26-18-4-2-1-3-5-18/h1-13,23-24H,14H2. The number of benzene rings is 3. The third-order valence-corrected chi connectivity index (χ3v) is 4.13. The maximum absolute atomic E-state index is 11.8. The van der Waals surface area contributed by atoms with Crippen LogP contribution in [-0.4, -0.2) is 5.11 Å². The quantitative estimate of drug-likeness (QED) is 0.496. The van der Waals surface area contributed by atoms with E-state index in [1.807, 2.05) is 54.6 Å². The highest BCUT2D eigenvalue weighted by Gasteiger charge is 2.07. The lowest BCUT2D eigenvalue weighted by Crippen LogP contribution is -2.05. The van der Waals surface area contributed by atoms with E-state index < -0.39 is 5.63 Å². The molecule has 5 nitrogen and oxygen atoms in total. The van der Waals surface area contributed by atoms with Crippen LogP contribution in [-0.2, 0) is 6.54 Å². The summed E-state index contributed by atoms with van der Waals surface area (Å²) in [5, 5.41) is 13.6. The first-order valence-electron chi connectivity index (χ1n) is 8.50. The van der Waals surface area contributed by atoms with E-state index in [0.29, 0.717) is 12.1 Å². The molecule has 0 spiro atoms. The van der Waals surface area contributed by atoms with Crippen LogP contribution in [0.15, 0.2) is 88.1 Å². The first kappa shape index (κ1) is 16.7. The Labute approximate surface area is 155 Å². The topological polar surface area (TPSA) is 71.7 Å². The zero-order valence-electron chi connectivity index (χ0n) is 14.4. The van der Waals surface area contributed by atoms with Gasteiger partial charge in [0.1, 0.15) is 22.8 Å². The molecule has 0 radical (unpaired) electrons. The number of anilines is 1. The lowest BCUT2D eigenvalue weighted by molar-refractivity contribution is 0.473. The van der Waals surface area contributed by atoms with Gasteiger partial charge in [-0.15, -0.1) is 0 Å². The SMILES string of the molecule is O=c1cc(CNc2ccc(Oc3ccccc3)cc2)c2ccc(O)cc2o1. The maximum atomic E-state index is 11.8. The van der Waals surface area contributed by atoms with Crippen molar-refractivity contribution in [1.29, 1.82) is 0 Å². The molecule has 134 valence electrons. The molecule has 0 unspecified atom stereocenters. The molecule has 3 aromatic carbocycles. The van der Waals surface area contributed by atoms with E-state index in [0.717, 1.165) is 28.1 Å². The van der Waals surface area contributed by atoms with Crippen LogP contribution in [0, 0.1) is 0 Å². The molecule has 4 rings (SSSR count). The summed E-state index contributed by atoms with van der Waals surface area (Å²) in [6, 6.07) is 23.4. The molecule has 4 aromatic rings. The average Bonchev–Trinajstić information content (AvgIpc) is 2.67. The smallest absolute Gasteiger partial charge is 0.336 e. The molecule has 27 heavy (non-hydrogen) atoms. The summed E-state index contributed by atoms with van der Waals surface area (Å²) in [5.74, 6) is 1.58. The summed E-state index contributed by atoms with van der Waals surface area (Å²) in [7, 11) is 0. The fraction of sp³-hybridized carbons (Fsp3) is 0.0455. The van der Waals surface area contributed by atoms with Gasteiger partial charge in [0, 0.05) is 29.8 Å². The second-order valence-electron chi connectivity index (χ2n) is 6.06. The minimum Gasteiger partial charge on any atom is -0.508 e. The van der Waals surface area contributed by atoms with Crippen LogP contribution in [0.3, 0.4) is 0 Å². The number of phenols is 1. The van der Waals surface area contributed by atoms with E-state index >= 15 is 0 Å². The van der Waals surface area contributed by atoms with Gasteiger partial charge in [-0.05, 0) is 54.1 Å². The molecule has 0 bridgehead atoms. The van der Waals surface area contributed by atoms with E-state index in [1.54, 1.807) is 12.1 Å². The van der Waals surface area contributed by atoms with Gasteiger partial charge in [-0.25, -0.2) is 4.79 Å². The summed E-state index contributed by atoms with van der Waals surface area (Å²) in [6.07, 6.45) is 0. The summed E-state index contributed by atoms with van der Waals surface area (Å²) < 4.78 is 10.9. The number of fused-ring (bicyclic) bond motifs is 1. The Bertz CT molecular complexity index is 1120. The van der Waals surface area contributed by atoms with Gasteiger partial charge in [0.2, 0.25) is 0 Å². The van der Waals surface area contributed by atoms with Gasteiger partial charge in [0.25, 0.3) is 0 Å². The number of ether oxygens (including phenoxy) is 1. The Balaban J connectivity index is 1.49. The Kier molecular flexibility index (Phi) is 4.49. The van der Waals surface area contributed by atoms with Crippen molar-refractivity contribution >= 4 is 16.7 Å². The van der Waals surface area contributed by atoms with E-state index in [9.17, 15) is 9.90 Å². The second-order valence-corrected chi connectivity index (χ2v) is 6.06. The molecule has 0 amide bonds. The van der Waals surface area contributed by atoms with Gasteiger partial charge < -0.3 is 19.6 Å². The molecule has 1 aromatic heterocycles. The monoisotopic (exact) mass is 359 g/mol. The second kappa shape index (κ2) is 7.25. The number of aromatic hydroxyl groups is 1. The zero-order valence-corrected chi connectivity index (χ0v) is 14.4. The Hall–Kier alpha value is -3.73. The molecule has 0 saturated heterocycles. The summed E-state index contributed by atoms with van der Waals surface area (Å²) in [6.45, 7) is 0.450. The van der Waals surface area contributed by atoms with Crippen LogP contribution >= 0.6 is 0 Å². The van der Waals surface area contributed by atoms with E-state index in [1.165, 1.54) is 12.1 Å². The van der Waals surface area contributed by atoms with Crippen molar-refractivity contribution in [3.63, 3.8) is 0 Å². The van der Waals surface area contributed by atoms with E-state index in [2.05, 4.69) is 5.32 Å². The predicted octanol–water partition coefficient (Wildman–Crippen LogP) is 4.90. The minimum atomic E-state index is -0.448. The number of rotatable bonds is 5. The molecule has 0 aliphatic heterocycles. The van der Waals surface area contributed by atoms with Crippen molar-refractivity contribution in [2.24, 2.45) is 0 Å². The molecule has 5 heteroatoms. The van der Waals surface area contributed by atoms with Gasteiger partial charge in [-0.1, -0.05) is 18.2 Å². The van der Waals surface area contributed by atoms with Crippen LogP contribution in [0.5, 0.6) is 17.2 Å². The molecule has 0 aliphatic carbocycles. The fourth-order valence-corrected chi connectivity index (χ4v) is 2.83. The van der Waals surface area contributed by atoms with Crippen molar-refractivity contribution in [1.82, 2.24) is 0 Å². The van der Waals surface area contributed by atoms with Crippen LogP contribution < -0.4 is 15.7 Å². The summed E-state index contributed by atoms with van der Waals surface area (Å²) in [5.41, 5.74) is 1.61. The van der Waals surface area contributed by atoms with Crippen LogP contribution in [0.4, 0.5) is 5.69 Å². The van der Waals surface area contributed by atoms with Crippen molar-refractivity contribution in [3.05, 3.63) is 94.8 Å². The molecular formula is C22H17NO4. The molecule has 0 saturated carbocycles. The van der Waals surface area contributed by atoms with Gasteiger partial charge in [0.15, 0.2) is 0 Å². The summed E-state index contributed by atoms with van der Waals surface area (Å²) >= 11 is 0. The van der Waals surface area contributed by atoms with Crippen molar-refractivity contribution in [3.8, 4) is 17.2 Å². The largest absolute Gasteiger partial charge is 0.508 e. The molecule has 1 heterocycles. The predicted molar refractivity (Wildman–Crippen MR) is 104 cm³/mol. The first-order chi connectivity index (χ1) is 13.2. The Morgan fingerprint density at radius 1 is 0.889 bits per heavy atom. The highest BCUT2D eigenvalue weighted by molar-refractivity contribution is 5.81. The lowest BCUT2D eigenvalue weighted by Gasteiger charge is -2.10. The van der Waals surface area contributed by atoms with Gasteiger partial charge in [-0.2, -0.15) is 0 Å². The molecule has 0 aliphatic rings. The van der Waals surface area contributed by atoms with Crippen molar-refractivity contribution in [2.45, 2.75) is 6.54 Å². The zero-order chi connectivity index (χ0) is 18.6. The molecular weight excluding hydrogens is 342 g/mol. The molecule has 0 atom stereocenters. The van der Waals surface area contributed by atoms with Gasteiger partial charge in [0.05, 0.1) is 0 Å². The van der Waals surface area contributed by atoms with E-state index in [-0.39, 0.29) is 5.75 Å². The normalized spacial score (nSPS) is 10.7. The highest BCUT2D eigenvalue weighted by atomic mass is 16.5. The van der Waals surface area contributed by atoms with E-state index in [4.69, 9.17) is 9.15 Å². The number of phenolic OH excluding ortho intramolecular Hbond substituents is 1. The van der Waals surface area contributed by atoms with Crippen LogP contribution in [0.25, 0.3) is 11.0 Å². The highest BCUT2D eigenvalue weighted by Crippen LogP contribution is 2.25. The van der Waals surface area contributed by atoms with Crippen molar-refractivity contribution in [2.75, 3.05) is 5.32 Å². The summed E-state index contributed by atoms with van der Waals surface area (Å²) in [4.78, 5) is 11.8. The number of nitrogens with one attached hydrogen (secondary N) is 1. The number of hydrogen-bond acceptors (Lipinski definition) is 5. The van der Waals surface area contributed by atoms with Crippen LogP contribution in [0.1, 0.15) is 5.56 Å². The van der Waals surface area contributed by atoms with Gasteiger partial charge >= 0.3 is 5.63 Å². The minimum absolute atomic E-state index is 0.0600. The Morgan fingerprint density at radius 2 is 1.63 bits per heavy atom. The lowest BCUT2D eigenvalue weighted by atomic mass is 10.1. The van der Waals surface area contributed by atoms with Crippen molar-refractivity contribution < 1.29 is 14.3 Å². The molecule has 0 fully saturated rings. The third-order valence-electron chi connectivity index (χ3n) is 4.13. The molecule has 2 N–H and O–H groups in total. The number of hydrogen-bond donors (Lipinski definition) is 2. The maximum Gasteiger partial charge on any atom is 0.336 e. The van der Waals surface area contributed by atoms with Crippen LogP contribution in [0.2, 0.25) is 0 Å². The average molecular weight is 359 g/mol. The van der Waals surface area contributed by atoms with Gasteiger partial charge in [-0.3, -0.25) is 0 Å². The third kappa shape index (κ3) is 3.93. The Morgan fingerprint density at radius 3 is 2.41 bits per heavy atom. The fourth-order valence-electron chi connectivity index (χ4n) is 2.83. The number of para-hydroxylation sites is 1.